The molecule has 1 saturated heterocycles. The molecule has 4 aromatic rings. The predicted molar refractivity (Wildman–Crippen MR) is 139 cm³/mol. The summed E-state index contributed by atoms with van der Waals surface area (Å²) in [6.45, 7) is 2.73. The zero-order chi connectivity index (χ0) is 26.0. The number of piperazine rings is 1. The van der Waals surface area contributed by atoms with E-state index in [0.717, 1.165) is 26.2 Å². The maximum atomic E-state index is 13.8. The minimum absolute atomic E-state index is 0.0540. The summed E-state index contributed by atoms with van der Waals surface area (Å²) in [6.07, 6.45) is 1.44. The number of nitrogens with zero attached hydrogens (tertiary/aromatic N) is 3. The van der Waals surface area contributed by atoms with Gasteiger partial charge in [0.25, 0.3) is 15.9 Å². The molecule has 0 N–H and O–H groups in total. The number of hydrogen-bond donors (Lipinski definition) is 0. The van der Waals surface area contributed by atoms with Crippen molar-refractivity contribution in [2.75, 3.05) is 26.2 Å². The van der Waals surface area contributed by atoms with E-state index >= 15 is 0 Å². The number of urea groups is 1. The summed E-state index contributed by atoms with van der Waals surface area (Å²) in [6, 6.07) is 22.4. The fourth-order valence-electron chi connectivity index (χ4n) is 4.49. The zero-order valence-electron chi connectivity index (χ0n) is 20.4. The molecule has 1 aromatic heterocycles. The lowest BCUT2D eigenvalue weighted by Crippen LogP contribution is -2.54. The molecule has 1 fully saturated rings. The van der Waals surface area contributed by atoms with Gasteiger partial charge in [0.1, 0.15) is 0 Å². The molecule has 5 rings (SSSR count). The largest absolute Gasteiger partial charge is 0.459 e. The third-order valence-electron chi connectivity index (χ3n) is 6.59. The normalized spacial score (nSPS) is 14.1. The molecule has 0 radical (unpaired) electrons. The number of furan rings is 1. The summed E-state index contributed by atoms with van der Waals surface area (Å²) in [5.74, 6) is -0.0173. The molecule has 37 heavy (non-hydrogen) atoms. The molecule has 3 aromatic carbocycles. The minimum Gasteiger partial charge on any atom is -0.459 e. The van der Waals surface area contributed by atoms with Crippen LogP contribution in [0.4, 0.5) is 4.79 Å². The Hall–Kier alpha value is -4.11. The maximum Gasteiger partial charge on any atom is 0.334 e. The Bertz CT molecular complexity index is 1520. The lowest BCUT2D eigenvalue weighted by Gasteiger charge is -2.37. The van der Waals surface area contributed by atoms with Crippen molar-refractivity contribution in [1.29, 1.82) is 0 Å². The Labute approximate surface area is 215 Å². The first-order chi connectivity index (χ1) is 17.8. The highest BCUT2D eigenvalue weighted by molar-refractivity contribution is 7.89. The molecule has 2 heterocycles. The number of fused-ring (bicyclic) bond motifs is 1. The number of carbonyl (C=O) groups is 2. The van der Waals surface area contributed by atoms with Crippen molar-refractivity contribution in [2.45, 2.75) is 18.4 Å². The monoisotopic (exact) mass is 517 g/mol. The molecule has 9 heteroatoms. The molecule has 3 amide bonds. The van der Waals surface area contributed by atoms with Crippen LogP contribution in [0.3, 0.4) is 0 Å². The highest BCUT2D eigenvalue weighted by Gasteiger charge is 2.35. The van der Waals surface area contributed by atoms with Gasteiger partial charge in [0.2, 0.25) is 0 Å². The van der Waals surface area contributed by atoms with Gasteiger partial charge in [0.15, 0.2) is 5.76 Å². The van der Waals surface area contributed by atoms with E-state index in [1.165, 1.54) is 23.3 Å². The average Bonchev–Trinajstić information content (AvgIpc) is 3.46. The number of aryl methyl sites for hydroxylation is 1. The molecule has 8 nitrogen and oxygen atoms in total. The third kappa shape index (κ3) is 4.95. The topological polar surface area (TPSA) is 91.1 Å². The Morgan fingerprint density at radius 1 is 0.838 bits per heavy atom. The zero-order valence-corrected chi connectivity index (χ0v) is 21.2. The summed E-state index contributed by atoms with van der Waals surface area (Å²) in [4.78, 5) is 29.6. The first-order valence-electron chi connectivity index (χ1n) is 12.0. The van der Waals surface area contributed by atoms with Crippen molar-refractivity contribution in [1.82, 2.24) is 14.1 Å². The SMILES string of the molecule is Cc1ccc(S(=O)(=O)N(Cc2cccc3ccccc23)C(=O)N2CCN(C(=O)c3ccco3)CC2)cc1. The molecular weight excluding hydrogens is 490 g/mol. The summed E-state index contributed by atoms with van der Waals surface area (Å²) >= 11 is 0. The Morgan fingerprint density at radius 3 is 2.22 bits per heavy atom. The highest BCUT2D eigenvalue weighted by atomic mass is 32.2. The number of rotatable bonds is 5. The number of benzene rings is 3. The van der Waals surface area contributed by atoms with Gasteiger partial charge in [-0.3, -0.25) is 4.79 Å². The fraction of sp³-hybridized carbons (Fsp3) is 0.214. The van der Waals surface area contributed by atoms with E-state index in [-0.39, 0.29) is 49.3 Å². The lowest BCUT2D eigenvalue weighted by atomic mass is 10.0. The van der Waals surface area contributed by atoms with Crippen molar-refractivity contribution < 1.29 is 22.4 Å². The van der Waals surface area contributed by atoms with Crippen molar-refractivity contribution >= 4 is 32.7 Å². The quantitative estimate of drug-likeness (QED) is 0.389. The van der Waals surface area contributed by atoms with E-state index in [4.69, 9.17) is 4.42 Å². The molecule has 0 aliphatic carbocycles. The van der Waals surface area contributed by atoms with E-state index in [0.29, 0.717) is 0 Å². The molecule has 190 valence electrons. The summed E-state index contributed by atoms with van der Waals surface area (Å²) < 4.78 is 33.7. The van der Waals surface area contributed by atoms with Crippen molar-refractivity contribution in [3.63, 3.8) is 0 Å². The van der Waals surface area contributed by atoms with Crippen LogP contribution in [0, 0.1) is 6.92 Å². The van der Waals surface area contributed by atoms with Gasteiger partial charge in [-0.1, -0.05) is 60.2 Å². The van der Waals surface area contributed by atoms with E-state index in [2.05, 4.69) is 0 Å². The fourth-order valence-corrected chi connectivity index (χ4v) is 5.86. The van der Waals surface area contributed by atoms with Crippen LogP contribution in [0.15, 0.2) is 94.4 Å². The third-order valence-corrected chi connectivity index (χ3v) is 8.32. The van der Waals surface area contributed by atoms with E-state index < -0.39 is 16.1 Å². The maximum absolute atomic E-state index is 13.8. The van der Waals surface area contributed by atoms with Crippen LogP contribution in [0.1, 0.15) is 21.7 Å². The molecule has 0 unspecified atom stereocenters. The number of carbonyl (C=O) groups excluding carboxylic acids is 2. The molecule has 0 atom stereocenters. The second kappa shape index (κ2) is 10.1. The minimum atomic E-state index is -4.15. The van der Waals surface area contributed by atoms with E-state index in [9.17, 15) is 18.0 Å². The van der Waals surface area contributed by atoms with Crippen LogP contribution in [0.25, 0.3) is 10.8 Å². The molecule has 1 aliphatic heterocycles. The number of sulfonamides is 1. The van der Waals surface area contributed by atoms with Crippen molar-refractivity contribution in [2.24, 2.45) is 0 Å². The summed E-state index contributed by atoms with van der Waals surface area (Å²) in [5, 5.41) is 1.85. The molecular formula is C28H27N3O5S. The first kappa shape index (κ1) is 24.6. The predicted octanol–water partition coefficient (Wildman–Crippen LogP) is 4.51. The van der Waals surface area contributed by atoms with Gasteiger partial charge in [-0.2, -0.15) is 0 Å². The van der Waals surface area contributed by atoms with Gasteiger partial charge in [-0.05, 0) is 47.5 Å². The smallest absolute Gasteiger partial charge is 0.334 e. The van der Waals surface area contributed by atoms with Crippen LogP contribution in [0.5, 0.6) is 0 Å². The standard InChI is InChI=1S/C28H27N3O5S/c1-21-11-13-24(14-12-21)37(34,35)31(20-23-8-4-7-22-6-2-3-9-25(22)23)28(33)30-17-15-29(16-18-30)27(32)26-10-5-19-36-26/h2-14,19H,15-18,20H2,1H3. The average molecular weight is 518 g/mol. The second-order valence-electron chi connectivity index (χ2n) is 9.00. The Morgan fingerprint density at radius 2 is 1.51 bits per heavy atom. The number of hydrogen-bond acceptors (Lipinski definition) is 5. The van der Waals surface area contributed by atoms with Crippen molar-refractivity contribution in [3.05, 3.63) is 102 Å². The first-order valence-corrected chi connectivity index (χ1v) is 13.5. The van der Waals surface area contributed by atoms with Gasteiger partial charge in [0, 0.05) is 26.2 Å². The highest BCUT2D eigenvalue weighted by Crippen LogP contribution is 2.25. The van der Waals surface area contributed by atoms with E-state index in [1.54, 1.807) is 29.2 Å². The van der Waals surface area contributed by atoms with Crippen LogP contribution in [-0.4, -0.2) is 60.6 Å². The Kier molecular flexibility index (Phi) is 6.71. The van der Waals surface area contributed by atoms with Gasteiger partial charge >= 0.3 is 6.03 Å². The van der Waals surface area contributed by atoms with Crippen LogP contribution < -0.4 is 0 Å². The van der Waals surface area contributed by atoms with Crippen LogP contribution in [-0.2, 0) is 16.6 Å². The number of amides is 3. The molecule has 1 aliphatic rings. The van der Waals surface area contributed by atoms with Gasteiger partial charge in [-0.15, -0.1) is 0 Å². The second-order valence-corrected chi connectivity index (χ2v) is 10.9. The van der Waals surface area contributed by atoms with Gasteiger partial charge in [0.05, 0.1) is 17.7 Å². The lowest BCUT2D eigenvalue weighted by molar-refractivity contribution is 0.0623. The van der Waals surface area contributed by atoms with Crippen LogP contribution >= 0.6 is 0 Å². The molecule has 0 saturated carbocycles. The molecule has 0 spiro atoms. The van der Waals surface area contributed by atoms with E-state index in [1.807, 2.05) is 49.4 Å². The Balaban J connectivity index is 1.44. The van der Waals surface area contributed by atoms with Crippen LogP contribution in [0.2, 0.25) is 0 Å². The van der Waals surface area contributed by atoms with Gasteiger partial charge in [-0.25, -0.2) is 17.5 Å². The summed E-state index contributed by atoms with van der Waals surface area (Å²) in [7, 11) is -4.15. The van der Waals surface area contributed by atoms with Crippen molar-refractivity contribution in [3.8, 4) is 0 Å². The van der Waals surface area contributed by atoms with Gasteiger partial charge < -0.3 is 14.2 Å². The summed E-state index contributed by atoms with van der Waals surface area (Å²) in [5.41, 5.74) is 1.65. The molecule has 0 bridgehead atoms.